The summed E-state index contributed by atoms with van der Waals surface area (Å²) in [7, 11) is 0. The van der Waals surface area contributed by atoms with Gasteiger partial charge in [-0.25, -0.2) is 0 Å². The van der Waals surface area contributed by atoms with Crippen LogP contribution in [0.4, 0.5) is 0 Å². The fraction of sp³-hybridized carbons (Fsp3) is 0.867. The SMILES string of the molecule is CCCN1C(=O)C(C)(C2CC2)NC(=O)C1C(C)CC. The Hall–Kier alpha value is -1.06. The van der Waals surface area contributed by atoms with Crippen LogP contribution in [-0.4, -0.2) is 34.8 Å². The number of nitrogens with zero attached hydrogens (tertiary/aromatic N) is 1. The van der Waals surface area contributed by atoms with Crippen LogP contribution in [-0.2, 0) is 9.59 Å². The van der Waals surface area contributed by atoms with Crippen molar-refractivity contribution in [3.8, 4) is 0 Å². The molecule has 1 heterocycles. The lowest BCUT2D eigenvalue weighted by Crippen LogP contribution is -2.71. The summed E-state index contributed by atoms with van der Waals surface area (Å²) in [6.45, 7) is 8.77. The van der Waals surface area contributed by atoms with Crippen molar-refractivity contribution in [2.24, 2.45) is 11.8 Å². The average molecular weight is 266 g/mol. The quantitative estimate of drug-likeness (QED) is 0.826. The van der Waals surface area contributed by atoms with Crippen LogP contribution in [0.5, 0.6) is 0 Å². The van der Waals surface area contributed by atoms with E-state index < -0.39 is 5.54 Å². The molecular formula is C15H26N2O2. The number of carbonyl (C=O) groups excluding carboxylic acids is 2. The van der Waals surface area contributed by atoms with Gasteiger partial charge in [-0.3, -0.25) is 9.59 Å². The van der Waals surface area contributed by atoms with Gasteiger partial charge in [0, 0.05) is 6.54 Å². The molecule has 0 radical (unpaired) electrons. The predicted molar refractivity (Wildman–Crippen MR) is 74.5 cm³/mol. The summed E-state index contributed by atoms with van der Waals surface area (Å²) in [5, 5.41) is 3.03. The van der Waals surface area contributed by atoms with Gasteiger partial charge in [0.15, 0.2) is 0 Å². The molecule has 1 aliphatic carbocycles. The topological polar surface area (TPSA) is 49.4 Å². The lowest BCUT2D eigenvalue weighted by Gasteiger charge is -2.46. The van der Waals surface area contributed by atoms with Crippen LogP contribution in [0.2, 0.25) is 0 Å². The maximum Gasteiger partial charge on any atom is 0.249 e. The number of carbonyl (C=O) groups is 2. The van der Waals surface area contributed by atoms with Crippen molar-refractivity contribution >= 4 is 11.8 Å². The maximum absolute atomic E-state index is 12.8. The Kier molecular flexibility index (Phi) is 3.88. The second-order valence-corrected chi connectivity index (χ2v) is 6.29. The molecule has 2 fully saturated rings. The number of hydrogen-bond acceptors (Lipinski definition) is 2. The highest BCUT2D eigenvalue weighted by atomic mass is 16.2. The van der Waals surface area contributed by atoms with E-state index in [0.717, 1.165) is 25.7 Å². The molecule has 1 saturated carbocycles. The molecule has 1 saturated heterocycles. The van der Waals surface area contributed by atoms with E-state index in [4.69, 9.17) is 0 Å². The smallest absolute Gasteiger partial charge is 0.249 e. The molecule has 0 aromatic carbocycles. The van der Waals surface area contributed by atoms with E-state index >= 15 is 0 Å². The van der Waals surface area contributed by atoms with E-state index in [9.17, 15) is 9.59 Å². The third-order valence-electron chi connectivity index (χ3n) is 4.73. The van der Waals surface area contributed by atoms with Crippen LogP contribution < -0.4 is 5.32 Å². The largest absolute Gasteiger partial charge is 0.340 e. The van der Waals surface area contributed by atoms with E-state index in [1.54, 1.807) is 0 Å². The minimum absolute atomic E-state index is 0.0387. The van der Waals surface area contributed by atoms with Gasteiger partial charge in [-0.15, -0.1) is 0 Å². The van der Waals surface area contributed by atoms with Gasteiger partial charge in [0.25, 0.3) is 0 Å². The van der Waals surface area contributed by atoms with Crippen LogP contribution in [0.1, 0.15) is 53.4 Å². The summed E-state index contributed by atoms with van der Waals surface area (Å²) >= 11 is 0. The summed E-state index contributed by atoms with van der Waals surface area (Å²) in [6.07, 6.45) is 3.91. The first-order chi connectivity index (χ1) is 8.95. The van der Waals surface area contributed by atoms with Crippen molar-refractivity contribution in [2.45, 2.75) is 65.0 Å². The second-order valence-electron chi connectivity index (χ2n) is 6.29. The van der Waals surface area contributed by atoms with Gasteiger partial charge in [0.1, 0.15) is 11.6 Å². The molecular weight excluding hydrogens is 240 g/mol. The normalized spacial score (nSPS) is 33.3. The summed E-state index contributed by atoms with van der Waals surface area (Å²) < 4.78 is 0. The molecule has 0 aromatic rings. The van der Waals surface area contributed by atoms with E-state index in [1.807, 2.05) is 11.8 Å². The number of nitrogens with one attached hydrogen (secondary N) is 1. The van der Waals surface area contributed by atoms with Gasteiger partial charge in [-0.05, 0) is 38.0 Å². The average Bonchev–Trinajstić information content (AvgIpc) is 3.19. The van der Waals surface area contributed by atoms with Gasteiger partial charge < -0.3 is 10.2 Å². The van der Waals surface area contributed by atoms with E-state index in [1.165, 1.54) is 0 Å². The molecule has 1 aliphatic heterocycles. The van der Waals surface area contributed by atoms with Crippen LogP contribution in [0.3, 0.4) is 0 Å². The molecule has 4 nitrogen and oxygen atoms in total. The van der Waals surface area contributed by atoms with Crippen molar-refractivity contribution in [3.05, 3.63) is 0 Å². The zero-order valence-electron chi connectivity index (χ0n) is 12.5. The molecule has 0 bridgehead atoms. The highest BCUT2D eigenvalue weighted by Gasteiger charge is 2.55. The van der Waals surface area contributed by atoms with Gasteiger partial charge >= 0.3 is 0 Å². The maximum atomic E-state index is 12.8. The van der Waals surface area contributed by atoms with Crippen molar-refractivity contribution in [1.82, 2.24) is 10.2 Å². The fourth-order valence-electron chi connectivity index (χ4n) is 3.16. The minimum Gasteiger partial charge on any atom is -0.340 e. The second kappa shape index (κ2) is 5.14. The lowest BCUT2D eigenvalue weighted by atomic mass is 9.85. The van der Waals surface area contributed by atoms with Gasteiger partial charge in [-0.1, -0.05) is 27.2 Å². The Balaban J connectivity index is 2.28. The number of piperazine rings is 1. The molecule has 1 N–H and O–H groups in total. The molecule has 3 atom stereocenters. The Labute approximate surface area is 115 Å². The van der Waals surface area contributed by atoms with Crippen molar-refractivity contribution in [3.63, 3.8) is 0 Å². The monoisotopic (exact) mass is 266 g/mol. The van der Waals surface area contributed by atoms with Crippen LogP contribution in [0.15, 0.2) is 0 Å². The molecule has 0 aromatic heterocycles. The Morgan fingerprint density at radius 3 is 2.47 bits per heavy atom. The van der Waals surface area contributed by atoms with Gasteiger partial charge in [0.05, 0.1) is 0 Å². The summed E-state index contributed by atoms with van der Waals surface area (Å²) in [5.74, 6) is 0.707. The summed E-state index contributed by atoms with van der Waals surface area (Å²) in [5.41, 5.74) is -0.657. The van der Waals surface area contributed by atoms with E-state index in [2.05, 4.69) is 26.1 Å². The first kappa shape index (κ1) is 14.4. The molecule has 108 valence electrons. The third-order valence-corrected chi connectivity index (χ3v) is 4.73. The fourth-order valence-corrected chi connectivity index (χ4v) is 3.16. The molecule has 0 spiro atoms. The Bertz CT molecular complexity index is 378. The van der Waals surface area contributed by atoms with E-state index in [0.29, 0.717) is 12.5 Å². The zero-order valence-corrected chi connectivity index (χ0v) is 12.5. The lowest BCUT2D eigenvalue weighted by molar-refractivity contribution is -0.157. The number of amides is 2. The Morgan fingerprint density at radius 2 is 2.00 bits per heavy atom. The summed E-state index contributed by atoms with van der Waals surface area (Å²) in [4.78, 5) is 27.1. The van der Waals surface area contributed by atoms with Gasteiger partial charge in [0.2, 0.25) is 11.8 Å². The van der Waals surface area contributed by atoms with Crippen LogP contribution >= 0.6 is 0 Å². The number of rotatable bonds is 5. The summed E-state index contributed by atoms with van der Waals surface area (Å²) in [6, 6.07) is -0.288. The molecule has 3 unspecified atom stereocenters. The molecule has 2 aliphatic rings. The van der Waals surface area contributed by atoms with Crippen LogP contribution in [0, 0.1) is 11.8 Å². The first-order valence-corrected chi connectivity index (χ1v) is 7.58. The van der Waals surface area contributed by atoms with Crippen LogP contribution in [0.25, 0.3) is 0 Å². The van der Waals surface area contributed by atoms with Gasteiger partial charge in [-0.2, -0.15) is 0 Å². The molecule has 4 heteroatoms. The standard InChI is InChI=1S/C15H26N2O2/c1-5-9-17-12(10(3)6-2)13(18)16-15(4,14(17)19)11-7-8-11/h10-12H,5-9H2,1-4H3,(H,16,18). The van der Waals surface area contributed by atoms with Crippen molar-refractivity contribution in [1.29, 1.82) is 0 Å². The zero-order chi connectivity index (χ0) is 14.2. The highest BCUT2D eigenvalue weighted by Crippen LogP contribution is 2.42. The number of hydrogen-bond donors (Lipinski definition) is 1. The predicted octanol–water partition coefficient (Wildman–Crippen LogP) is 1.94. The van der Waals surface area contributed by atoms with E-state index in [-0.39, 0.29) is 23.8 Å². The highest BCUT2D eigenvalue weighted by molar-refractivity contribution is 6.00. The Morgan fingerprint density at radius 1 is 1.37 bits per heavy atom. The molecule has 2 amide bonds. The molecule has 19 heavy (non-hydrogen) atoms. The van der Waals surface area contributed by atoms with Crippen molar-refractivity contribution < 1.29 is 9.59 Å². The minimum atomic E-state index is -0.657. The third kappa shape index (κ3) is 2.37. The van der Waals surface area contributed by atoms with Crippen molar-refractivity contribution in [2.75, 3.05) is 6.54 Å². The first-order valence-electron chi connectivity index (χ1n) is 7.58. The molecule has 2 rings (SSSR count).